The third-order valence-corrected chi connectivity index (χ3v) is 6.35. The molecule has 0 amide bonds. The highest BCUT2D eigenvalue weighted by Crippen LogP contribution is 2.19. The lowest BCUT2D eigenvalue weighted by molar-refractivity contribution is 0.577. The molecule has 1 aromatic heterocycles. The van der Waals surface area contributed by atoms with Gasteiger partial charge in [-0.2, -0.15) is 5.10 Å². The summed E-state index contributed by atoms with van der Waals surface area (Å²) in [6, 6.07) is 5.07. The molecule has 1 heterocycles. The summed E-state index contributed by atoms with van der Waals surface area (Å²) in [5, 5.41) is 6.41. The van der Waals surface area contributed by atoms with Crippen LogP contribution in [0.15, 0.2) is 29.2 Å². The maximum absolute atomic E-state index is 13.4. The highest BCUT2D eigenvalue weighted by molar-refractivity contribution is 7.92. The van der Waals surface area contributed by atoms with Gasteiger partial charge in [-0.15, -0.1) is 0 Å². The largest absolute Gasteiger partial charge is 0.281 e. The fraction of sp³-hybridized carbons (Fsp3) is 0.357. The number of rotatable bonds is 7. The Morgan fingerprint density at radius 2 is 1.92 bits per heavy atom. The van der Waals surface area contributed by atoms with Crippen molar-refractivity contribution in [3.8, 4) is 0 Å². The predicted octanol–water partition coefficient (Wildman–Crippen LogP) is 0.910. The molecule has 2 rings (SSSR count). The van der Waals surface area contributed by atoms with Gasteiger partial charge in [-0.25, -0.2) is 25.9 Å². The predicted molar refractivity (Wildman–Crippen MR) is 91.8 cm³/mol. The van der Waals surface area contributed by atoms with Gasteiger partial charge in [-0.3, -0.25) is 9.40 Å². The zero-order valence-corrected chi connectivity index (χ0v) is 15.6. The Balaban J connectivity index is 2.17. The van der Waals surface area contributed by atoms with Crippen LogP contribution >= 0.6 is 0 Å². The van der Waals surface area contributed by atoms with E-state index in [9.17, 15) is 21.2 Å². The molecule has 0 aliphatic rings. The van der Waals surface area contributed by atoms with E-state index in [2.05, 4.69) is 14.9 Å². The number of aryl methyl sites for hydroxylation is 2. The van der Waals surface area contributed by atoms with Crippen LogP contribution in [0, 0.1) is 19.7 Å². The van der Waals surface area contributed by atoms with Crippen LogP contribution in [0.2, 0.25) is 0 Å². The van der Waals surface area contributed by atoms with Gasteiger partial charge in [0.15, 0.2) is 0 Å². The molecule has 11 heteroatoms. The van der Waals surface area contributed by atoms with Gasteiger partial charge in [-0.1, -0.05) is 6.07 Å². The molecule has 0 aliphatic carbocycles. The van der Waals surface area contributed by atoms with E-state index in [1.165, 1.54) is 18.2 Å². The molecule has 1 aromatic carbocycles. The van der Waals surface area contributed by atoms with Crippen molar-refractivity contribution in [1.29, 1.82) is 0 Å². The summed E-state index contributed by atoms with van der Waals surface area (Å²) < 4.78 is 65.2. The molecule has 0 fully saturated rings. The molecule has 25 heavy (non-hydrogen) atoms. The third-order valence-electron chi connectivity index (χ3n) is 3.43. The average Bonchev–Trinajstić information content (AvgIpc) is 2.82. The molecule has 0 atom stereocenters. The summed E-state index contributed by atoms with van der Waals surface area (Å²) in [5.41, 5.74) is 0.822. The van der Waals surface area contributed by atoms with Gasteiger partial charge >= 0.3 is 0 Å². The Kier molecular flexibility index (Phi) is 5.49. The number of aromatic nitrogens is 2. The van der Waals surface area contributed by atoms with E-state index in [1.807, 2.05) is 0 Å². The lowest BCUT2D eigenvalue weighted by Gasteiger charge is -2.22. The van der Waals surface area contributed by atoms with Crippen LogP contribution < -0.4 is 9.03 Å². The molecule has 0 bridgehead atoms. The molecule has 138 valence electrons. The zero-order chi connectivity index (χ0) is 18.8. The third kappa shape index (κ3) is 4.55. The number of aromatic amines is 1. The first-order valence-corrected chi connectivity index (χ1v) is 10.6. The number of nitrogens with zero attached hydrogens (tertiary/aromatic N) is 2. The van der Waals surface area contributed by atoms with Crippen LogP contribution in [-0.2, 0) is 20.0 Å². The second-order valence-electron chi connectivity index (χ2n) is 5.48. The summed E-state index contributed by atoms with van der Waals surface area (Å²) >= 11 is 0. The number of benzene rings is 1. The topological polar surface area (TPSA) is 112 Å². The van der Waals surface area contributed by atoms with Crippen molar-refractivity contribution >= 4 is 25.7 Å². The Bertz CT molecular complexity index is 951. The second-order valence-corrected chi connectivity index (χ2v) is 9.09. The summed E-state index contributed by atoms with van der Waals surface area (Å²) in [6.07, 6.45) is 0.969. The number of H-pyrrole nitrogens is 1. The minimum atomic E-state index is -3.85. The van der Waals surface area contributed by atoms with Crippen LogP contribution in [0.5, 0.6) is 0 Å². The maximum atomic E-state index is 13.4. The highest BCUT2D eigenvalue weighted by atomic mass is 32.2. The number of nitrogens with one attached hydrogen (secondary N) is 2. The van der Waals surface area contributed by atoms with Gasteiger partial charge < -0.3 is 0 Å². The normalized spacial score (nSPS) is 12.3. The fourth-order valence-electron chi connectivity index (χ4n) is 2.41. The molecule has 2 N–H and O–H groups in total. The van der Waals surface area contributed by atoms with Crippen molar-refractivity contribution < 1.29 is 21.2 Å². The van der Waals surface area contributed by atoms with E-state index < -0.39 is 25.9 Å². The molecule has 0 unspecified atom stereocenters. The van der Waals surface area contributed by atoms with Gasteiger partial charge in [0.2, 0.25) is 20.0 Å². The van der Waals surface area contributed by atoms with Crippen molar-refractivity contribution in [3.63, 3.8) is 0 Å². The van der Waals surface area contributed by atoms with E-state index in [1.54, 1.807) is 13.8 Å². The standard InChI is InChI=1S/C14H19FN4O4S2/c1-10-14(11(2)18-17-10)25(22,23)16-7-8-19(24(3,20)21)13-6-4-5-12(15)9-13/h4-6,9,16H,7-8H2,1-3H3,(H,17,18). The van der Waals surface area contributed by atoms with Crippen molar-refractivity contribution in [2.75, 3.05) is 23.7 Å². The molecular formula is C14H19FN4O4S2. The van der Waals surface area contributed by atoms with Crippen LogP contribution in [0.4, 0.5) is 10.1 Å². The van der Waals surface area contributed by atoms with Gasteiger partial charge in [-0.05, 0) is 32.0 Å². The van der Waals surface area contributed by atoms with E-state index in [0.29, 0.717) is 11.4 Å². The Labute approximate surface area is 146 Å². The van der Waals surface area contributed by atoms with E-state index in [-0.39, 0.29) is 23.7 Å². The Morgan fingerprint density at radius 1 is 1.24 bits per heavy atom. The monoisotopic (exact) mass is 390 g/mol. The van der Waals surface area contributed by atoms with E-state index >= 15 is 0 Å². The summed E-state index contributed by atoms with van der Waals surface area (Å²) in [7, 11) is -7.56. The van der Waals surface area contributed by atoms with Gasteiger partial charge in [0, 0.05) is 13.1 Å². The number of hydrogen-bond donors (Lipinski definition) is 2. The number of halogens is 1. The number of hydrogen-bond acceptors (Lipinski definition) is 5. The zero-order valence-electron chi connectivity index (χ0n) is 13.9. The molecule has 0 saturated carbocycles. The molecular weight excluding hydrogens is 371 g/mol. The van der Waals surface area contributed by atoms with Gasteiger partial charge in [0.1, 0.15) is 10.7 Å². The number of anilines is 1. The summed E-state index contributed by atoms with van der Waals surface area (Å²) in [5.74, 6) is -0.587. The van der Waals surface area contributed by atoms with Crippen LogP contribution in [0.1, 0.15) is 11.4 Å². The molecule has 8 nitrogen and oxygen atoms in total. The van der Waals surface area contributed by atoms with Crippen molar-refractivity contribution in [2.45, 2.75) is 18.7 Å². The molecule has 0 saturated heterocycles. The van der Waals surface area contributed by atoms with Gasteiger partial charge in [0.05, 0.1) is 23.3 Å². The fourth-order valence-corrected chi connectivity index (χ4v) is 4.72. The first kappa shape index (κ1) is 19.3. The average molecular weight is 390 g/mol. The Hall–Kier alpha value is -1.98. The van der Waals surface area contributed by atoms with Crippen molar-refractivity contribution in [1.82, 2.24) is 14.9 Å². The summed E-state index contributed by atoms with van der Waals surface area (Å²) in [6.45, 7) is 2.76. The molecule has 2 aromatic rings. The van der Waals surface area contributed by atoms with Gasteiger partial charge in [0.25, 0.3) is 0 Å². The van der Waals surface area contributed by atoms with Crippen molar-refractivity contribution in [2.24, 2.45) is 0 Å². The van der Waals surface area contributed by atoms with Crippen LogP contribution in [0.25, 0.3) is 0 Å². The van der Waals surface area contributed by atoms with Crippen molar-refractivity contribution in [3.05, 3.63) is 41.5 Å². The smallest absolute Gasteiger partial charge is 0.244 e. The first-order valence-electron chi connectivity index (χ1n) is 7.27. The Morgan fingerprint density at radius 3 is 2.44 bits per heavy atom. The quantitative estimate of drug-likeness (QED) is 0.730. The minimum absolute atomic E-state index is 0.0316. The minimum Gasteiger partial charge on any atom is -0.281 e. The van der Waals surface area contributed by atoms with Crippen LogP contribution in [-0.4, -0.2) is 46.4 Å². The summed E-state index contributed by atoms with van der Waals surface area (Å²) in [4.78, 5) is 0.0316. The number of sulfonamides is 2. The van der Waals surface area contributed by atoms with E-state index in [0.717, 1.165) is 16.6 Å². The molecule has 0 spiro atoms. The van der Waals surface area contributed by atoms with Crippen LogP contribution in [0.3, 0.4) is 0 Å². The lowest BCUT2D eigenvalue weighted by atomic mass is 10.3. The maximum Gasteiger partial charge on any atom is 0.244 e. The highest BCUT2D eigenvalue weighted by Gasteiger charge is 2.23. The lowest BCUT2D eigenvalue weighted by Crippen LogP contribution is -2.38. The molecule has 0 radical (unpaired) electrons. The molecule has 0 aliphatic heterocycles. The second kappa shape index (κ2) is 7.10. The van der Waals surface area contributed by atoms with E-state index in [4.69, 9.17) is 0 Å². The SMILES string of the molecule is Cc1n[nH]c(C)c1S(=O)(=O)NCCN(c1cccc(F)c1)S(C)(=O)=O. The first-order chi connectivity index (χ1) is 11.5.